The molecule has 1 aliphatic carbocycles. The summed E-state index contributed by atoms with van der Waals surface area (Å²) in [7, 11) is 1.71. The zero-order chi connectivity index (χ0) is 23.1. The molecule has 2 aliphatic rings. The standard InChI is InChI=1S/C24H32F3N3O2/c1-3-7-23(28-2,22(31)32)8-10-30-9-6-15-12-21-18(11-16(15)14-30)19-13-17(24(25,26)27)4-5-20(19)29-21/h4-5,13,15-16,28-29H,3,6-12,14H2,1-2H3,(H,31,32). The van der Waals surface area contributed by atoms with E-state index in [1.54, 1.807) is 13.1 Å². The van der Waals surface area contributed by atoms with E-state index in [4.69, 9.17) is 0 Å². The van der Waals surface area contributed by atoms with E-state index in [1.807, 2.05) is 6.92 Å². The summed E-state index contributed by atoms with van der Waals surface area (Å²) in [4.78, 5) is 17.6. The molecule has 8 heteroatoms. The normalized spacial score (nSPS) is 23.5. The number of benzene rings is 1. The highest BCUT2D eigenvalue weighted by atomic mass is 19.4. The molecule has 32 heavy (non-hydrogen) atoms. The summed E-state index contributed by atoms with van der Waals surface area (Å²) < 4.78 is 39.7. The van der Waals surface area contributed by atoms with Gasteiger partial charge in [0.15, 0.2) is 0 Å². The Morgan fingerprint density at radius 1 is 1.25 bits per heavy atom. The van der Waals surface area contributed by atoms with E-state index in [9.17, 15) is 23.1 Å². The number of carboxylic acids is 1. The lowest BCUT2D eigenvalue weighted by molar-refractivity contribution is -0.145. The van der Waals surface area contributed by atoms with Crippen LogP contribution in [0.15, 0.2) is 18.2 Å². The Balaban J connectivity index is 1.49. The summed E-state index contributed by atoms with van der Waals surface area (Å²) in [6.45, 7) is 4.49. The van der Waals surface area contributed by atoms with Crippen LogP contribution in [0.2, 0.25) is 0 Å². The van der Waals surface area contributed by atoms with E-state index in [0.29, 0.717) is 36.6 Å². The van der Waals surface area contributed by atoms with E-state index in [2.05, 4.69) is 15.2 Å². The van der Waals surface area contributed by atoms with Gasteiger partial charge in [-0.25, -0.2) is 0 Å². The minimum absolute atomic E-state index is 0.379. The number of likely N-dealkylation sites (tertiary alicyclic amines) is 1. The molecule has 4 rings (SSSR count). The molecule has 5 nitrogen and oxygen atoms in total. The van der Waals surface area contributed by atoms with Crippen LogP contribution in [0.25, 0.3) is 10.9 Å². The Labute approximate surface area is 186 Å². The highest BCUT2D eigenvalue weighted by Gasteiger charge is 2.39. The van der Waals surface area contributed by atoms with Gasteiger partial charge in [-0.3, -0.25) is 4.79 Å². The Kier molecular flexibility index (Phi) is 6.29. The largest absolute Gasteiger partial charge is 0.480 e. The summed E-state index contributed by atoms with van der Waals surface area (Å²) in [6.07, 6.45) is 0.232. The molecule has 2 heterocycles. The number of H-pyrrole nitrogens is 1. The molecule has 1 aliphatic heterocycles. The number of nitrogens with one attached hydrogen (secondary N) is 2. The SMILES string of the molecule is CCCC(CCN1CCC2Cc3[nH]c4ccc(C(F)(F)F)cc4c3CC2C1)(NC)C(=O)O. The molecule has 0 saturated carbocycles. The Hall–Kier alpha value is -2.06. The topological polar surface area (TPSA) is 68.4 Å². The highest BCUT2D eigenvalue weighted by molar-refractivity contribution is 5.86. The number of hydrogen-bond donors (Lipinski definition) is 3. The van der Waals surface area contributed by atoms with Crippen LogP contribution in [0, 0.1) is 11.8 Å². The van der Waals surface area contributed by atoms with Crippen molar-refractivity contribution in [3.63, 3.8) is 0 Å². The minimum Gasteiger partial charge on any atom is -0.480 e. The number of nitrogens with zero attached hydrogens (tertiary/aromatic N) is 1. The zero-order valence-corrected chi connectivity index (χ0v) is 18.7. The van der Waals surface area contributed by atoms with Gasteiger partial charge in [0.25, 0.3) is 0 Å². The van der Waals surface area contributed by atoms with Crippen molar-refractivity contribution in [3.05, 3.63) is 35.0 Å². The minimum atomic E-state index is -4.35. The molecule has 3 N–H and O–H groups in total. The van der Waals surface area contributed by atoms with Gasteiger partial charge in [-0.05, 0) is 81.3 Å². The third kappa shape index (κ3) is 4.27. The molecule has 0 radical (unpaired) electrons. The predicted octanol–water partition coefficient (Wildman–Crippen LogP) is 4.46. The third-order valence-corrected chi connectivity index (χ3v) is 7.65. The smallest absolute Gasteiger partial charge is 0.416 e. The number of carboxylic acid groups (broad SMARTS) is 1. The van der Waals surface area contributed by atoms with Gasteiger partial charge in [-0.15, -0.1) is 0 Å². The number of halogens is 3. The number of fused-ring (bicyclic) bond motifs is 4. The number of hydrogen-bond acceptors (Lipinski definition) is 3. The lowest BCUT2D eigenvalue weighted by Crippen LogP contribution is -2.53. The number of aliphatic carboxylic acids is 1. The van der Waals surface area contributed by atoms with E-state index >= 15 is 0 Å². The van der Waals surface area contributed by atoms with E-state index < -0.39 is 23.2 Å². The third-order valence-electron chi connectivity index (χ3n) is 7.65. The first-order valence-corrected chi connectivity index (χ1v) is 11.5. The fourth-order valence-electron chi connectivity index (χ4n) is 5.74. The van der Waals surface area contributed by atoms with Crippen LogP contribution < -0.4 is 5.32 Å². The zero-order valence-electron chi connectivity index (χ0n) is 18.7. The average Bonchev–Trinajstić information content (AvgIpc) is 3.10. The molecular formula is C24H32F3N3O2. The molecule has 0 spiro atoms. The maximum Gasteiger partial charge on any atom is 0.416 e. The van der Waals surface area contributed by atoms with Gasteiger partial charge < -0.3 is 20.3 Å². The number of piperidine rings is 1. The molecule has 0 bridgehead atoms. The second kappa shape index (κ2) is 8.71. The van der Waals surface area contributed by atoms with Gasteiger partial charge in [-0.1, -0.05) is 13.3 Å². The predicted molar refractivity (Wildman–Crippen MR) is 118 cm³/mol. The first kappa shape index (κ1) is 23.1. The maximum atomic E-state index is 13.2. The van der Waals surface area contributed by atoms with Crippen molar-refractivity contribution in [1.82, 2.24) is 15.2 Å². The van der Waals surface area contributed by atoms with Gasteiger partial charge in [0.1, 0.15) is 5.54 Å². The number of rotatable bonds is 7. The summed E-state index contributed by atoms with van der Waals surface area (Å²) in [5.74, 6) is 0.0844. The molecular weight excluding hydrogens is 419 g/mol. The molecule has 1 aromatic heterocycles. The summed E-state index contributed by atoms with van der Waals surface area (Å²) in [5, 5.41) is 13.5. The van der Waals surface area contributed by atoms with Gasteiger partial charge in [-0.2, -0.15) is 13.2 Å². The highest BCUT2D eigenvalue weighted by Crippen LogP contribution is 2.40. The van der Waals surface area contributed by atoms with Crippen molar-refractivity contribution in [2.24, 2.45) is 11.8 Å². The van der Waals surface area contributed by atoms with Crippen LogP contribution in [0.1, 0.15) is 49.4 Å². The van der Waals surface area contributed by atoms with Crippen molar-refractivity contribution in [3.8, 4) is 0 Å². The van der Waals surface area contributed by atoms with Crippen molar-refractivity contribution in [2.75, 3.05) is 26.7 Å². The monoisotopic (exact) mass is 451 g/mol. The van der Waals surface area contributed by atoms with Crippen LogP contribution in [0.3, 0.4) is 0 Å². The molecule has 1 saturated heterocycles. The van der Waals surface area contributed by atoms with Crippen LogP contribution in [-0.4, -0.2) is 53.2 Å². The molecule has 0 amide bonds. The lowest BCUT2D eigenvalue weighted by atomic mass is 9.73. The number of aromatic nitrogens is 1. The number of carbonyl (C=O) groups is 1. The fourth-order valence-corrected chi connectivity index (χ4v) is 5.74. The van der Waals surface area contributed by atoms with Crippen molar-refractivity contribution >= 4 is 16.9 Å². The van der Waals surface area contributed by atoms with Gasteiger partial charge in [0.05, 0.1) is 5.56 Å². The number of alkyl halides is 3. The molecule has 3 atom stereocenters. The fraction of sp³-hybridized carbons (Fsp3) is 0.625. The molecule has 176 valence electrons. The van der Waals surface area contributed by atoms with E-state index in [0.717, 1.165) is 61.6 Å². The van der Waals surface area contributed by atoms with Gasteiger partial charge >= 0.3 is 12.1 Å². The second-order valence-corrected chi connectivity index (χ2v) is 9.50. The molecule has 3 unspecified atom stereocenters. The quantitative estimate of drug-likeness (QED) is 0.582. The van der Waals surface area contributed by atoms with Gasteiger partial charge in [0.2, 0.25) is 0 Å². The van der Waals surface area contributed by atoms with Gasteiger partial charge in [0, 0.05) is 29.7 Å². The lowest BCUT2D eigenvalue weighted by Gasteiger charge is -2.42. The van der Waals surface area contributed by atoms with E-state index in [1.165, 1.54) is 6.07 Å². The Morgan fingerprint density at radius 3 is 2.69 bits per heavy atom. The average molecular weight is 452 g/mol. The van der Waals surface area contributed by atoms with Crippen LogP contribution in [-0.2, 0) is 23.8 Å². The van der Waals surface area contributed by atoms with Crippen LogP contribution >= 0.6 is 0 Å². The Morgan fingerprint density at radius 2 is 2.03 bits per heavy atom. The van der Waals surface area contributed by atoms with Crippen LogP contribution in [0.4, 0.5) is 13.2 Å². The molecule has 1 aromatic carbocycles. The van der Waals surface area contributed by atoms with Crippen molar-refractivity contribution < 1.29 is 23.1 Å². The molecule has 1 fully saturated rings. The first-order chi connectivity index (χ1) is 15.2. The van der Waals surface area contributed by atoms with Crippen molar-refractivity contribution in [1.29, 1.82) is 0 Å². The number of likely N-dealkylation sites (N-methyl/N-ethyl adjacent to an activating group) is 1. The van der Waals surface area contributed by atoms with E-state index in [-0.39, 0.29) is 0 Å². The second-order valence-electron chi connectivity index (χ2n) is 9.50. The maximum absolute atomic E-state index is 13.2. The Bertz CT molecular complexity index is 987. The summed E-state index contributed by atoms with van der Waals surface area (Å²) in [6, 6.07) is 3.97. The first-order valence-electron chi connectivity index (χ1n) is 11.5. The summed E-state index contributed by atoms with van der Waals surface area (Å²) in [5.41, 5.74) is 1.37. The number of aromatic amines is 1. The van der Waals surface area contributed by atoms with Crippen molar-refractivity contribution in [2.45, 2.75) is 57.2 Å². The van der Waals surface area contributed by atoms with Crippen LogP contribution in [0.5, 0.6) is 0 Å². The molecule has 2 aromatic rings. The summed E-state index contributed by atoms with van der Waals surface area (Å²) >= 11 is 0.